The van der Waals surface area contributed by atoms with Crippen molar-refractivity contribution in [1.29, 1.82) is 0 Å². The second-order valence-corrected chi connectivity index (χ2v) is 10.5. The van der Waals surface area contributed by atoms with E-state index in [1.54, 1.807) is 19.9 Å². The molecule has 0 amide bonds. The summed E-state index contributed by atoms with van der Waals surface area (Å²) in [5, 5.41) is 8.61. The van der Waals surface area contributed by atoms with Gasteiger partial charge in [-0.25, -0.2) is 8.42 Å². The van der Waals surface area contributed by atoms with Gasteiger partial charge in [-0.2, -0.15) is 17.5 Å². The van der Waals surface area contributed by atoms with Crippen LogP contribution in [0.3, 0.4) is 0 Å². The number of sulfonamides is 1. The van der Waals surface area contributed by atoms with Crippen molar-refractivity contribution in [3.63, 3.8) is 0 Å². The second-order valence-electron chi connectivity index (χ2n) is 8.26. The summed E-state index contributed by atoms with van der Waals surface area (Å²) in [5.41, 5.74) is 0.0995. The van der Waals surface area contributed by atoms with Gasteiger partial charge in [-0.05, 0) is 49.2 Å². The zero-order chi connectivity index (χ0) is 24.6. The summed E-state index contributed by atoms with van der Waals surface area (Å²) >= 11 is 5.82. The molecule has 1 saturated heterocycles. The lowest BCUT2D eigenvalue weighted by atomic mass is 10.1. The number of benzene rings is 2. The Morgan fingerprint density at radius 2 is 1.73 bits per heavy atom. The van der Waals surface area contributed by atoms with E-state index in [4.69, 9.17) is 16.7 Å². The Labute approximate surface area is 195 Å². The highest BCUT2D eigenvalue weighted by Gasteiger charge is 2.39. The average molecular weight is 505 g/mol. The molecule has 6 nitrogen and oxygen atoms in total. The van der Waals surface area contributed by atoms with Crippen LogP contribution in [0.1, 0.15) is 30.5 Å². The van der Waals surface area contributed by atoms with E-state index in [1.807, 2.05) is 4.90 Å². The minimum atomic E-state index is -4.53. The summed E-state index contributed by atoms with van der Waals surface area (Å²) in [6.45, 7) is 4.60. The van der Waals surface area contributed by atoms with Crippen LogP contribution in [0, 0.1) is 0 Å². The number of carboxylic acids is 1. The fraction of sp³-hybridized carbons (Fsp3) is 0.409. The van der Waals surface area contributed by atoms with Crippen LogP contribution < -0.4 is 0 Å². The minimum absolute atomic E-state index is 0.0305. The van der Waals surface area contributed by atoms with E-state index in [1.165, 1.54) is 34.6 Å². The lowest BCUT2D eigenvalue weighted by molar-refractivity contribution is -0.138. The van der Waals surface area contributed by atoms with Gasteiger partial charge in [0.2, 0.25) is 10.0 Å². The molecule has 0 aliphatic carbocycles. The maximum atomic E-state index is 13.3. The van der Waals surface area contributed by atoms with Crippen molar-refractivity contribution < 1.29 is 31.5 Å². The van der Waals surface area contributed by atoms with Crippen LogP contribution >= 0.6 is 11.6 Å². The van der Waals surface area contributed by atoms with Crippen LogP contribution in [-0.4, -0.2) is 53.9 Å². The molecule has 1 aliphatic heterocycles. The van der Waals surface area contributed by atoms with Gasteiger partial charge in [0.25, 0.3) is 0 Å². The van der Waals surface area contributed by atoms with Gasteiger partial charge in [0.1, 0.15) is 0 Å². The van der Waals surface area contributed by atoms with Crippen molar-refractivity contribution in [2.75, 3.05) is 13.1 Å². The van der Waals surface area contributed by atoms with E-state index in [9.17, 15) is 26.4 Å². The molecule has 2 aromatic rings. The number of nitrogens with zero attached hydrogens (tertiary/aromatic N) is 2. The van der Waals surface area contributed by atoms with E-state index < -0.39 is 39.8 Å². The minimum Gasteiger partial charge on any atom is -0.481 e. The zero-order valence-corrected chi connectivity index (χ0v) is 19.6. The molecule has 1 N–H and O–H groups in total. The van der Waals surface area contributed by atoms with E-state index in [0.29, 0.717) is 30.8 Å². The molecule has 1 fully saturated rings. The smallest absolute Gasteiger partial charge is 0.417 e. The van der Waals surface area contributed by atoms with Crippen molar-refractivity contribution in [2.45, 2.75) is 50.0 Å². The third-order valence-electron chi connectivity index (χ3n) is 5.49. The summed E-state index contributed by atoms with van der Waals surface area (Å²) in [6, 6.07) is 8.69. The molecule has 0 bridgehead atoms. The lowest BCUT2D eigenvalue weighted by Gasteiger charge is -2.43. The molecule has 180 valence electrons. The zero-order valence-electron chi connectivity index (χ0n) is 18.0. The van der Waals surface area contributed by atoms with E-state index >= 15 is 0 Å². The highest BCUT2D eigenvalue weighted by atomic mass is 35.5. The van der Waals surface area contributed by atoms with Crippen molar-refractivity contribution in [3.05, 3.63) is 64.2 Å². The van der Waals surface area contributed by atoms with E-state index in [2.05, 4.69) is 0 Å². The Balaban J connectivity index is 1.76. The highest BCUT2D eigenvalue weighted by molar-refractivity contribution is 7.89. The summed E-state index contributed by atoms with van der Waals surface area (Å²) in [7, 11) is -3.88. The molecule has 0 saturated carbocycles. The summed E-state index contributed by atoms with van der Waals surface area (Å²) in [5.74, 6) is -1.05. The number of alkyl halides is 3. The quantitative estimate of drug-likeness (QED) is 0.635. The van der Waals surface area contributed by atoms with Crippen LogP contribution in [0.4, 0.5) is 13.2 Å². The van der Waals surface area contributed by atoms with Crippen LogP contribution in [0.5, 0.6) is 0 Å². The first kappa shape index (κ1) is 25.5. The lowest BCUT2D eigenvalue weighted by Crippen LogP contribution is -2.58. The van der Waals surface area contributed by atoms with Gasteiger partial charge >= 0.3 is 12.1 Å². The maximum Gasteiger partial charge on any atom is 0.417 e. The monoisotopic (exact) mass is 504 g/mol. The SMILES string of the molecule is C[C@@H]1CN(Cc2ccc(C(F)(F)F)c(Cl)c2)C[C@H](C)N1S(=O)(=O)c1cccc(CC(=O)O)c1. The number of hydrogen-bond donors (Lipinski definition) is 1. The maximum absolute atomic E-state index is 13.3. The summed E-state index contributed by atoms with van der Waals surface area (Å²) in [4.78, 5) is 13.0. The molecule has 0 spiro atoms. The van der Waals surface area contributed by atoms with Crippen LogP contribution in [0.25, 0.3) is 0 Å². The first-order valence-corrected chi connectivity index (χ1v) is 12.0. The number of hydrogen-bond acceptors (Lipinski definition) is 4. The number of piperazine rings is 1. The normalized spacial score (nSPS) is 20.7. The van der Waals surface area contributed by atoms with Gasteiger partial charge < -0.3 is 5.11 Å². The molecule has 2 atom stereocenters. The van der Waals surface area contributed by atoms with Crippen LogP contribution in [0.2, 0.25) is 5.02 Å². The molecule has 0 aromatic heterocycles. The molecular formula is C22H24ClF3N2O4S. The van der Waals surface area contributed by atoms with Gasteiger partial charge in [0.15, 0.2) is 0 Å². The standard InChI is InChI=1S/C22H24ClF3N2O4S/c1-14-11-27(13-17-6-7-19(20(23)9-17)22(24,25)26)12-15(2)28(14)33(31,32)18-5-3-4-16(8-18)10-21(29)30/h3-9,14-15H,10-13H2,1-2H3,(H,29,30)/t14-,15+. The van der Waals surface area contributed by atoms with Crippen molar-refractivity contribution in [3.8, 4) is 0 Å². The molecule has 1 heterocycles. The Morgan fingerprint density at radius 1 is 1.09 bits per heavy atom. The van der Waals surface area contributed by atoms with Crippen molar-refractivity contribution >= 4 is 27.6 Å². The molecular weight excluding hydrogens is 481 g/mol. The number of aliphatic carboxylic acids is 1. The van der Waals surface area contributed by atoms with Crippen molar-refractivity contribution in [1.82, 2.24) is 9.21 Å². The second kappa shape index (κ2) is 9.61. The average Bonchev–Trinajstić information content (AvgIpc) is 2.66. The first-order chi connectivity index (χ1) is 15.3. The molecule has 33 heavy (non-hydrogen) atoms. The van der Waals surface area contributed by atoms with E-state index in [0.717, 1.165) is 6.07 Å². The fourth-order valence-corrected chi connectivity index (χ4v) is 6.46. The molecule has 3 rings (SSSR count). The molecule has 1 aliphatic rings. The fourth-order valence-electron chi connectivity index (χ4n) is 4.28. The summed E-state index contributed by atoms with van der Waals surface area (Å²) < 4.78 is 66.9. The molecule has 2 aromatic carbocycles. The van der Waals surface area contributed by atoms with Gasteiger partial charge in [-0.3, -0.25) is 9.69 Å². The number of rotatable bonds is 6. The van der Waals surface area contributed by atoms with E-state index in [-0.39, 0.29) is 16.3 Å². The number of carbonyl (C=O) groups is 1. The predicted molar refractivity (Wildman–Crippen MR) is 117 cm³/mol. The van der Waals surface area contributed by atoms with Crippen molar-refractivity contribution in [2.24, 2.45) is 0 Å². The number of halogens is 4. The largest absolute Gasteiger partial charge is 0.481 e. The van der Waals surface area contributed by atoms with Crippen LogP contribution in [0.15, 0.2) is 47.4 Å². The molecule has 0 radical (unpaired) electrons. The van der Waals surface area contributed by atoms with Gasteiger partial charge in [0, 0.05) is 31.7 Å². The Hall–Kier alpha value is -2.14. The van der Waals surface area contributed by atoms with Gasteiger partial charge in [0.05, 0.1) is 21.9 Å². The van der Waals surface area contributed by atoms with Crippen LogP contribution in [-0.2, 0) is 34.0 Å². The van der Waals surface area contributed by atoms with Gasteiger partial charge in [-0.15, -0.1) is 0 Å². The topological polar surface area (TPSA) is 77.9 Å². The predicted octanol–water partition coefficient (Wildman–Crippen LogP) is 4.27. The third kappa shape index (κ3) is 5.87. The first-order valence-electron chi connectivity index (χ1n) is 10.2. The molecule has 11 heteroatoms. The summed E-state index contributed by atoms with van der Waals surface area (Å²) in [6.07, 6.45) is -4.81. The highest BCUT2D eigenvalue weighted by Crippen LogP contribution is 2.35. The molecule has 0 unspecified atom stereocenters. The van der Waals surface area contributed by atoms with Gasteiger partial charge in [-0.1, -0.05) is 29.8 Å². The Kier molecular flexibility index (Phi) is 7.42. The Morgan fingerprint density at radius 3 is 2.27 bits per heavy atom. The number of carboxylic acid groups (broad SMARTS) is 1. The Bertz CT molecular complexity index is 1130. The third-order valence-corrected chi connectivity index (χ3v) is 7.93.